The monoisotopic (exact) mass is 270 g/mol. The van der Waals surface area contributed by atoms with E-state index in [1.807, 2.05) is 6.92 Å². The smallest absolute Gasteiger partial charge is 0.191 e. The maximum absolute atomic E-state index is 5.25. The summed E-state index contributed by atoms with van der Waals surface area (Å²) in [5.74, 6) is 1.61. The van der Waals surface area contributed by atoms with Crippen LogP contribution >= 0.6 is 0 Å². The predicted molar refractivity (Wildman–Crippen MR) is 81.7 cm³/mol. The Morgan fingerprint density at radius 1 is 1.25 bits per heavy atom. The van der Waals surface area contributed by atoms with E-state index in [1.165, 1.54) is 31.4 Å². The number of nitrogens with zero attached hydrogens (tertiary/aromatic N) is 1. The zero-order valence-corrected chi connectivity index (χ0v) is 12.2. The summed E-state index contributed by atoms with van der Waals surface area (Å²) in [5.41, 5.74) is 3.21. The first-order chi connectivity index (χ1) is 9.74. The molecule has 106 valence electrons. The van der Waals surface area contributed by atoms with Gasteiger partial charge in [-0.2, -0.15) is 0 Å². The molecule has 1 aliphatic carbocycles. The summed E-state index contributed by atoms with van der Waals surface area (Å²) in [6.07, 6.45) is 6.98. The molecule has 0 saturated heterocycles. The summed E-state index contributed by atoms with van der Waals surface area (Å²) in [4.78, 5) is 4.35. The van der Waals surface area contributed by atoms with Gasteiger partial charge in [0.15, 0.2) is 5.89 Å². The summed E-state index contributed by atoms with van der Waals surface area (Å²) in [6.45, 7) is 4.16. The van der Waals surface area contributed by atoms with E-state index < -0.39 is 0 Å². The SMILES string of the molecule is CCC1CCC(Nc2ccc(-c3coc(C)n3)cc2)C1. The number of nitrogens with one attached hydrogen (secondary N) is 1. The highest BCUT2D eigenvalue weighted by Gasteiger charge is 2.22. The molecule has 3 rings (SSSR count). The van der Waals surface area contributed by atoms with Crippen molar-refractivity contribution in [2.24, 2.45) is 5.92 Å². The Kier molecular flexibility index (Phi) is 3.77. The molecule has 1 aromatic carbocycles. The molecule has 2 unspecified atom stereocenters. The van der Waals surface area contributed by atoms with Gasteiger partial charge in [0.1, 0.15) is 12.0 Å². The molecule has 20 heavy (non-hydrogen) atoms. The minimum Gasteiger partial charge on any atom is -0.449 e. The molecule has 1 aromatic heterocycles. The van der Waals surface area contributed by atoms with Crippen LogP contribution in [0.1, 0.15) is 38.5 Å². The van der Waals surface area contributed by atoms with Crippen molar-refractivity contribution >= 4 is 5.69 Å². The standard InChI is InChI=1S/C17H22N2O/c1-3-13-4-7-16(10-13)19-15-8-5-14(6-9-15)17-11-20-12(2)18-17/h5-6,8-9,11,13,16,19H,3-4,7,10H2,1-2H3. The van der Waals surface area contributed by atoms with E-state index in [9.17, 15) is 0 Å². The molecule has 1 fully saturated rings. The van der Waals surface area contributed by atoms with Crippen molar-refractivity contribution in [1.29, 1.82) is 0 Å². The summed E-state index contributed by atoms with van der Waals surface area (Å²) in [5, 5.41) is 3.65. The van der Waals surface area contributed by atoms with Crippen LogP contribution in [-0.2, 0) is 0 Å². The van der Waals surface area contributed by atoms with Crippen LogP contribution in [-0.4, -0.2) is 11.0 Å². The molecular weight excluding hydrogens is 248 g/mol. The van der Waals surface area contributed by atoms with Crippen molar-refractivity contribution in [2.45, 2.75) is 45.6 Å². The molecule has 2 atom stereocenters. The normalized spacial score (nSPS) is 22.1. The summed E-state index contributed by atoms with van der Waals surface area (Å²) >= 11 is 0. The number of anilines is 1. The van der Waals surface area contributed by atoms with E-state index >= 15 is 0 Å². The fourth-order valence-corrected chi connectivity index (χ4v) is 3.05. The van der Waals surface area contributed by atoms with Gasteiger partial charge in [-0.15, -0.1) is 0 Å². The van der Waals surface area contributed by atoms with Crippen molar-refractivity contribution in [3.05, 3.63) is 36.4 Å². The van der Waals surface area contributed by atoms with Crippen molar-refractivity contribution in [1.82, 2.24) is 4.98 Å². The van der Waals surface area contributed by atoms with Crippen molar-refractivity contribution in [2.75, 3.05) is 5.32 Å². The number of oxazole rings is 1. The maximum Gasteiger partial charge on any atom is 0.191 e. The number of aryl methyl sites for hydroxylation is 1. The molecule has 0 aliphatic heterocycles. The first-order valence-corrected chi connectivity index (χ1v) is 7.53. The van der Waals surface area contributed by atoms with Crippen LogP contribution in [0.4, 0.5) is 5.69 Å². The second-order valence-electron chi connectivity index (χ2n) is 5.76. The predicted octanol–water partition coefficient (Wildman–Crippen LogP) is 4.64. The molecule has 2 aromatic rings. The van der Waals surface area contributed by atoms with Crippen LogP contribution in [0.2, 0.25) is 0 Å². The fourth-order valence-electron chi connectivity index (χ4n) is 3.05. The molecule has 3 nitrogen and oxygen atoms in total. The average molecular weight is 270 g/mol. The molecule has 0 bridgehead atoms. The number of hydrogen-bond donors (Lipinski definition) is 1. The molecular formula is C17H22N2O. The second-order valence-corrected chi connectivity index (χ2v) is 5.76. The van der Waals surface area contributed by atoms with Crippen LogP contribution in [0.25, 0.3) is 11.3 Å². The van der Waals surface area contributed by atoms with Crippen LogP contribution < -0.4 is 5.32 Å². The maximum atomic E-state index is 5.25. The van der Waals surface area contributed by atoms with E-state index in [0.29, 0.717) is 11.9 Å². The van der Waals surface area contributed by atoms with Gasteiger partial charge in [0, 0.05) is 24.2 Å². The number of rotatable bonds is 4. The van der Waals surface area contributed by atoms with Crippen LogP contribution in [0, 0.1) is 12.8 Å². The quantitative estimate of drug-likeness (QED) is 0.879. The Labute approximate surface area is 120 Å². The highest BCUT2D eigenvalue weighted by molar-refractivity contribution is 5.62. The van der Waals surface area contributed by atoms with Crippen molar-refractivity contribution in [3.8, 4) is 11.3 Å². The Morgan fingerprint density at radius 3 is 2.65 bits per heavy atom. The second kappa shape index (κ2) is 5.70. The van der Waals surface area contributed by atoms with E-state index in [1.54, 1.807) is 6.26 Å². The van der Waals surface area contributed by atoms with E-state index in [2.05, 4.69) is 41.5 Å². The summed E-state index contributed by atoms with van der Waals surface area (Å²) in [6, 6.07) is 9.12. The Hall–Kier alpha value is -1.77. The topological polar surface area (TPSA) is 38.1 Å². The first-order valence-electron chi connectivity index (χ1n) is 7.53. The summed E-state index contributed by atoms with van der Waals surface area (Å²) < 4.78 is 5.25. The summed E-state index contributed by atoms with van der Waals surface area (Å²) in [7, 11) is 0. The third-order valence-electron chi connectivity index (χ3n) is 4.29. The molecule has 3 heteroatoms. The Morgan fingerprint density at radius 2 is 2.05 bits per heavy atom. The van der Waals surface area contributed by atoms with E-state index in [4.69, 9.17) is 4.42 Å². The molecule has 1 aliphatic rings. The van der Waals surface area contributed by atoms with Gasteiger partial charge in [0.25, 0.3) is 0 Å². The lowest BCUT2D eigenvalue weighted by Gasteiger charge is -2.14. The Balaban J connectivity index is 1.65. The lowest BCUT2D eigenvalue weighted by atomic mass is 10.1. The van der Waals surface area contributed by atoms with Gasteiger partial charge >= 0.3 is 0 Å². The molecule has 0 spiro atoms. The number of hydrogen-bond acceptors (Lipinski definition) is 3. The highest BCUT2D eigenvalue weighted by atomic mass is 16.3. The number of aromatic nitrogens is 1. The third kappa shape index (κ3) is 2.87. The van der Waals surface area contributed by atoms with Crippen LogP contribution in [0.5, 0.6) is 0 Å². The molecule has 0 amide bonds. The average Bonchev–Trinajstić information content (AvgIpc) is 3.09. The van der Waals surface area contributed by atoms with Gasteiger partial charge in [0.2, 0.25) is 0 Å². The lowest BCUT2D eigenvalue weighted by Crippen LogP contribution is -2.15. The third-order valence-corrected chi connectivity index (χ3v) is 4.29. The van der Waals surface area contributed by atoms with E-state index in [-0.39, 0.29) is 0 Å². The van der Waals surface area contributed by atoms with E-state index in [0.717, 1.165) is 17.2 Å². The fraction of sp³-hybridized carbons (Fsp3) is 0.471. The molecule has 1 heterocycles. The van der Waals surface area contributed by atoms with Gasteiger partial charge in [0.05, 0.1) is 0 Å². The minimum absolute atomic E-state index is 0.639. The van der Waals surface area contributed by atoms with Gasteiger partial charge in [-0.05, 0) is 37.3 Å². The van der Waals surface area contributed by atoms with Crippen molar-refractivity contribution < 1.29 is 4.42 Å². The minimum atomic E-state index is 0.639. The highest BCUT2D eigenvalue weighted by Crippen LogP contribution is 2.30. The van der Waals surface area contributed by atoms with Crippen LogP contribution in [0.3, 0.4) is 0 Å². The first kappa shape index (κ1) is 13.2. The van der Waals surface area contributed by atoms with Gasteiger partial charge < -0.3 is 9.73 Å². The zero-order chi connectivity index (χ0) is 13.9. The van der Waals surface area contributed by atoms with Crippen molar-refractivity contribution in [3.63, 3.8) is 0 Å². The largest absolute Gasteiger partial charge is 0.449 e. The lowest BCUT2D eigenvalue weighted by molar-refractivity contribution is 0.521. The molecule has 0 radical (unpaired) electrons. The van der Waals surface area contributed by atoms with Crippen LogP contribution in [0.15, 0.2) is 34.9 Å². The molecule has 1 N–H and O–H groups in total. The zero-order valence-electron chi connectivity index (χ0n) is 12.2. The van der Waals surface area contributed by atoms with Gasteiger partial charge in [-0.3, -0.25) is 0 Å². The molecule has 1 saturated carbocycles. The Bertz CT molecular complexity index is 559. The van der Waals surface area contributed by atoms with Gasteiger partial charge in [-0.1, -0.05) is 25.5 Å². The van der Waals surface area contributed by atoms with Gasteiger partial charge in [-0.25, -0.2) is 4.98 Å². The number of benzene rings is 1.